The van der Waals surface area contributed by atoms with Crippen molar-refractivity contribution in [3.63, 3.8) is 0 Å². The monoisotopic (exact) mass is 196 g/mol. The van der Waals surface area contributed by atoms with E-state index in [0.717, 1.165) is 12.0 Å². The molecule has 0 saturated carbocycles. The normalized spacial score (nSPS) is 26.0. The van der Waals surface area contributed by atoms with E-state index in [1.54, 1.807) is 11.3 Å². The average Bonchev–Trinajstić information content (AvgIpc) is 2.41. The highest BCUT2D eigenvalue weighted by Gasteiger charge is 2.36. The Hall–Kier alpha value is -0.830. The predicted molar refractivity (Wildman–Crippen MR) is 52.3 cm³/mol. The molecule has 13 heavy (non-hydrogen) atoms. The summed E-state index contributed by atoms with van der Waals surface area (Å²) >= 11 is 1.74. The maximum Gasteiger partial charge on any atom is 0.311 e. The van der Waals surface area contributed by atoms with Gasteiger partial charge in [-0.3, -0.25) is 4.79 Å². The average molecular weight is 196 g/mol. The zero-order valence-electron chi connectivity index (χ0n) is 7.70. The number of aryl methyl sites for hydroxylation is 1. The van der Waals surface area contributed by atoms with E-state index >= 15 is 0 Å². The SMILES string of the molecule is Cc1cc2c(s1)CC(C)C2C(=O)O. The number of hydrogen-bond donors (Lipinski definition) is 1. The molecule has 0 aromatic carbocycles. The molecule has 0 aliphatic heterocycles. The van der Waals surface area contributed by atoms with Crippen molar-refractivity contribution < 1.29 is 9.90 Å². The second kappa shape index (κ2) is 2.84. The van der Waals surface area contributed by atoms with Gasteiger partial charge in [-0.2, -0.15) is 0 Å². The molecule has 0 saturated heterocycles. The number of carboxylic acid groups (broad SMARTS) is 1. The van der Waals surface area contributed by atoms with Crippen molar-refractivity contribution in [3.8, 4) is 0 Å². The summed E-state index contributed by atoms with van der Waals surface area (Å²) in [7, 11) is 0. The number of fused-ring (bicyclic) bond motifs is 1. The Balaban J connectivity index is 2.44. The van der Waals surface area contributed by atoms with Gasteiger partial charge in [-0.05, 0) is 30.9 Å². The molecule has 2 atom stereocenters. The van der Waals surface area contributed by atoms with Crippen LogP contribution in [0.1, 0.15) is 28.2 Å². The van der Waals surface area contributed by atoms with Crippen LogP contribution in [0.4, 0.5) is 0 Å². The van der Waals surface area contributed by atoms with Gasteiger partial charge in [0.1, 0.15) is 0 Å². The zero-order valence-corrected chi connectivity index (χ0v) is 8.52. The molecule has 0 amide bonds. The Morgan fingerprint density at radius 1 is 1.69 bits per heavy atom. The van der Waals surface area contributed by atoms with Crippen LogP contribution in [0.25, 0.3) is 0 Å². The predicted octanol–water partition coefficient (Wildman–Crippen LogP) is 2.42. The molecule has 1 aromatic heterocycles. The summed E-state index contributed by atoms with van der Waals surface area (Å²) < 4.78 is 0. The fraction of sp³-hybridized carbons (Fsp3) is 0.500. The Kier molecular flexibility index (Phi) is 1.91. The minimum atomic E-state index is -0.677. The molecule has 70 valence electrons. The first-order valence-electron chi connectivity index (χ1n) is 4.41. The zero-order chi connectivity index (χ0) is 9.59. The van der Waals surface area contributed by atoms with Crippen LogP contribution in [0, 0.1) is 12.8 Å². The van der Waals surface area contributed by atoms with Crippen molar-refractivity contribution in [1.82, 2.24) is 0 Å². The molecule has 1 aliphatic carbocycles. The van der Waals surface area contributed by atoms with Crippen molar-refractivity contribution in [3.05, 3.63) is 21.4 Å². The lowest BCUT2D eigenvalue weighted by Crippen LogP contribution is -2.14. The third-order valence-electron chi connectivity index (χ3n) is 2.64. The van der Waals surface area contributed by atoms with Crippen molar-refractivity contribution in [2.24, 2.45) is 5.92 Å². The van der Waals surface area contributed by atoms with E-state index in [0.29, 0.717) is 0 Å². The van der Waals surface area contributed by atoms with Crippen LogP contribution in [-0.4, -0.2) is 11.1 Å². The van der Waals surface area contributed by atoms with Crippen molar-refractivity contribution in [1.29, 1.82) is 0 Å². The van der Waals surface area contributed by atoms with E-state index in [1.807, 2.05) is 19.9 Å². The highest BCUT2D eigenvalue weighted by Crippen LogP contribution is 2.42. The first-order chi connectivity index (χ1) is 6.09. The van der Waals surface area contributed by atoms with E-state index in [1.165, 1.54) is 9.75 Å². The smallest absolute Gasteiger partial charge is 0.311 e. The largest absolute Gasteiger partial charge is 0.481 e. The van der Waals surface area contributed by atoms with E-state index in [2.05, 4.69) is 0 Å². The minimum absolute atomic E-state index is 0.263. The topological polar surface area (TPSA) is 37.3 Å². The van der Waals surface area contributed by atoms with Crippen molar-refractivity contribution in [2.75, 3.05) is 0 Å². The second-order valence-corrected chi connectivity index (χ2v) is 5.07. The molecule has 0 radical (unpaired) electrons. The van der Waals surface area contributed by atoms with Crippen molar-refractivity contribution in [2.45, 2.75) is 26.2 Å². The molecule has 2 nitrogen and oxygen atoms in total. The highest BCUT2D eigenvalue weighted by molar-refractivity contribution is 7.12. The number of carbonyl (C=O) groups is 1. The van der Waals surface area contributed by atoms with E-state index in [9.17, 15) is 4.79 Å². The van der Waals surface area contributed by atoms with Crippen LogP contribution in [-0.2, 0) is 11.2 Å². The van der Waals surface area contributed by atoms with Gasteiger partial charge in [-0.1, -0.05) is 6.92 Å². The van der Waals surface area contributed by atoms with Crippen LogP contribution in [0.15, 0.2) is 6.07 Å². The molecular formula is C10H12O2S. The molecule has 2 rings (SSSR count). The number of hydrogen-bond acceptors (Lipinski definition) is 2. The lowest BCUT2D eigenvalue weighted by Gasteiger charge is -2.09. The molecule has 0 bridgehead atoms. The minimum Gasteiger partial charge on any atom is -0.481 e. The molecule has 1 aliphatic rings. The maximum absolute atomic E-state index is 11.0. The third-order valence-corrected chi connectivity index (χ3v) is 3.73. The molecule has 3 heteroatoms. The van der Waals surface area contributed by atoms with Gasteiger partial charge in [0.25, 0.3) is 0 Å². The van der Waals surface area contributed by atoms with Gasteiger partial charge in [0.2, 0.25) is 0 Å². The third kappa shape index (κ3) is 1.27. The maximum atomic E-state index is 11.0. The van der Waals surface area contributed by atoms with Gasteiger partial charge in [-0.15, -0.1) is 11.3 Å². The summed E-state index contributed by atoms with van der Waals surface area (Å²) in [6.45, 7) is 4.05. The summed E-state index contributed by atoms with van der Waals surface area (Å²) in [5, 5.41) is 9.04. The van der Waals surface area contributed by atoms with Gasteiger partial charge in [0.15, 0.2) is 0 Å². The lowest BCUT2D eigenvalue weighted by molar-refractivity contribution is -0.139. The number of carboxylic acids is 1. The highest BCUT2D eigenvalue weighted by atomic mass is 32.1. The summed E-state index contributed by atoms with van der Waals surface area (Å²) in [4.78, 5) is 13.5. The fourth-order valence-electron chi connectivity index (χ4n) is 2.10. The molecule has 1 N–H and O–H groups in total. The lowest BCUT2D eigenvalue weighted by atomic mass is 9.95. The molecule has 0 spiro atoms. The van der Waals surface area contributed by atoms with Crippen LogP contribution in [0.3, 0.4) is 0 Å². The van der Waals surface area contributed by atoms with Gasteiger partial charge in [0, 0.05) is 9.75 Å². The van der Waals surface area contributed by atoms with Crippen LogP contribution in [0.5, 0.6) is 0 Å². The van der Waals surface area contributed by atoms with E-state index in [4.69, 9.17) is 5.11 Å². The molecule has 1 heterocycles. The Morgan fingerprint density at radius 2 is 2.38 bits per heavy atom. The fourth-order valence-corrected chi connectivity index (χ4v) is 3.32. The first-order valence-corrected chi connectivity index (χ1v) is 5.23. The standard InChI is InChI=1S/C10H12O2S/c1-5-3-8-7(4-6(2)13-8)9(5)10(11)12/h4-5,9H,3H2,1-2H3,(H,11,12). The number of rotatable bonds is 1. The Bertz CT molecular complexity index is 354. The van der Waals surface area contributed by atoms with E-state index < -0.39 is 5.97 Å². The summed E-state index contributed by atoms with van der Waals surface area (Å²) in [5.74, 6) is -0.677. The molecular weight excluding hydrogens is 184 g/mol. The van der Waals surface area contributed by atoms with Crippen LogP contribution >= 0.6 is 11.3 Å². The van der Waals surface area contributed by atoms with Crippen molar-refractivity contribution >= 4 is 17.3 Å². The van der Waals surface area contributed by atoms with Gasteiger partial charge in [0.05, 0.1) is 5.92 Å². The molecule has 0 fully saturated rings. The van der Waals surface area contributed by atoms with Gasteiger partial charge >= 0.3 is 5.97 Å². The van der Waals surface area contributed by atoms with Crippen LogP contribution < -0.4 is 0 Å². The van der Waals surface area contributed by atoms with E-state index in [-0.39, 0.29) is 11.8 Å². The number of thiophene rings is 1. The summed E-state index contributed by atoms with van der Waals surface area (Å²) in [6, 6.07) is 2.03. The van der Waals surface area contributed by atoms with Crippen LogP contribution in [0.2, 0.25) is 0 Å². The summed E-state index contributed by atoms with van der Waals surface area (Å²) in [6.07, 6.45) is 0.935. The Morgan fingerprint density at radius 3 is 3.00 bits per heavy atom. The van der Waals surface area contributed by atoms with Gasteiger partial charge in [-0.25, -0.2) is 0 Å². The van der Waals surface area contributed by atoms with Gasteiger partial charge < -0.3 is 5.11 Å². The first kappa shape index (κ1) is 8.75. The Labute approximate surface area is 81.2 Å². The molecule has 2 unspecified atom stereocenters. The second-order valence-electron chi connectivity index (χ2n) is 3.73. The molecule has 1 aromatic rings. The summed E-state index contributed by atoms with van der Waals surface area (Å²) in [5.41, 5.74) is 1.06. The quantitative estimate of drug-likeness (QED) is 0.749. The number of aliphatic carboxylic acids is 1.